The van der Waals surface area contributed by atoms with Crippen LogP contribution in [0.1, 0.15) is 49.8 Å². The highest BCUT2D eigenvalue weighted by atomic mass is 16.5. The molecule has 2 aromatic heterocycles. The number of likely N-dealkylation sites (N-methyl/N-ethyl adjacent to an activating group) is 1. The van der Waals surface area contributed by atoms with Crippen molar-refractivity contribution in [3.05, 3.63) is 48.3 Å². The highest BCUT2D eigenvalue weighted by Gasteiger charge is 2.41. The number of fused-ring (bicyclic) bond motifs is 1. The Hall–Kier alpha value is -3.71. The van der Waals surface area contributed by atoms with E-state index < -0.39 is 0 Å². The lowest BCUT2D eigenvalue weighted by atomic mass is 9.67. The molecule has 1 aliphatic carbocycles. The molecule has 3 aliphatic heterocycles. The highest BCUT2D eigenvalue weighted by molar-refractivity contribution is 5.87. The third kappa shape index (κ3) is 5.80. The molecule has 10 heteroatoms. The first-order valence-electron chi connectivity index (χ1n) is 15.4. The van der Waals surface area contributed by atoms with Crippen LogP contribution in [-0.4, -0.2) is 95.7 Å². The van der Waals surface area contributed by atoms with Crippen LogP contribution in [0.3, 0.4) is 0 Å². The molecule has 1 amide bonds. The van der Waals surface area contributed by atoms with E-state index >= 15 is 0 Å². The van der Waals surface area contributed by atoms with Crippen LogP contribution in [-0.2, 0) is 17.6 Å². The highest BCUT2D eigenvalue weighted by Crippen LogP contribution is 2.45. The number of ether oxygens (including phenoxy) is 1. The predicted octanol–water partition coefficient (Wildman–Crippen LogP) is 3.24. The number of piperazine rings is 1. The van der Waals surface area contributed by atoms with E-state index in [9.17, 15) is 10.1 Å². The number of hydrogen-bond donors (Lipinski definition) is 0. The smallest absolute Gasteiger partial charge is 0.318 e. The maximum Gasteiger partial charge on any atom is 0.318 e. The molecule has 0 N–H and O–H groups in total. The number of hydrogen-bond acceptors (Lipinski definition) is 9. The molecule has 0 radical (unpaired) electrons. The Morgan fingerprint density at radius 3 is 2.71 bits per heavy atom. The van der Waals surface area contributed by atoms with Gasteiger partial charge in [-0.2, -0.15) is 15.2 Å². The van der Waals surface area contributed by atoms with E-state index in [4.69, 9.17) is 14.7 Å². The summed E-state index contributed by atoms with van der Waals surface area (Å²) in [4.78, 5) is 36.0. The zero-order chi connectivity index (χ0) is 29.1. The third-order valence-electron chi connectivity index (χ3n) is 9.94. The average molecular weight is 571 g/mol. The molecule has 5 heterocycles. The predicted molar refractivity (Wildman–Crippen MR) is 161 cm³/mol. The van der Waals surface area contributed by atoms with Gasteiger partial charge in [0.25, 0.3) is 0 Å². The zero-order valence-electron chi connectivity index (χ0n) is 24.7. The number of nitriles is 1. The molecule has 4 aliphatic rings. The molecule has 0 saturated carbocycles. The number of amides is 1. The second-order valence-electron chi connectivity index (χ2n) is 12.4. The number of carbonyl (C=O) groups is 1. The van der Waals surface area contributed by atoms with Gasteiger partial charge >= 0.3 is 6.01 Å². The third-order valence-corrected chi connectivity index (χ3v) is 9.94. The Labute approximate surface area is 249 Å². The minimum atomic E-state index is -0.206. The minimum Gasteiger partial charge on any atom is -0.462 e. The molecule has 3 saturated heterocycles. The fourth-order valence-electron chi connectivity index (χ4n) is 7.33. The van der Waals surface area contributed by atoms with Crippen molar-refractivity contribution in [3.63, 3.8) is 0 Å². The van der Waals surface area contributed by atoms with E-state index in [2.05, 4.69) is 51.5 Å². The molecule has 2 atom stereocenters. The summed E-state index contributed by atoms with van der Waals surface area (Å²) in [6, 6.07) is 9.02. The van der Waals surface area contributed by atoms with Gasteiger partial charge in [0.15, 0.2) is 0 Å². The van der Waals surface area contributed by atoms with Crippen LogP contribution >= 0.6 is 0 Å². The van der Waals surface area contributed by atoms with Crippen molar-refractivity contribution >= 4 is 17.5 Å². The molecule has 222 valence electrons. The van der Waals surface area contributed by atoms with Crippen molar-refractivity contribution in [1.29, 1.82) is 5.26 Å². The van der Waals surface area contributed by atoms with Crippen LogP contribution < -0.4 is 14.5 Å². The normalized spacial score (nSPS) is 23.9. The van der Waals surface area contributed by atoms with Crippen LogP contribution in [0, 0.1) is 16.7 Å². The molecule has 2 aromatic rings. The summed E-state index contributed by atoms with van der Waals surface area (Å²) < 4.78 is 6.32. The summed E-state index contributed by atoms with van der Waals surface area (Å²) in [5, 5.41) is 9.52. The number of nitrogens with zero attached hydrogens (tertiary/aromatic N) is 8. The monoisotopic (exact) mass is 570 g/mol. The second-order valence-corrected chi connectivity index (χ2v) is 12.4. The minimum absolute atomic E-state index is 0.122. The van der Waals surface area contributed by atoms with Gasteiger partial charge in [-0.1, -0.05) is 12.6 Å². The number of carbonyl (C=O) groups excluding carboxylic acids is 1. The van der Waals surface area contributed by atoms with Crippen LogP contribution in [0.2, 0.25) is 0 Å². The second kappa shape index (κ2) is 12.3. The first-order chi connectivity index (χ1) is 20.5. The van der Waals surface area contributed by atoms with E-state index in [0.717, 1.165) is 75.5 Å². The molecule has 6 rings (SSSR count). The number of aromatic nitrogens is 3. The lowest BCUT2D eigenvalue weighted by Crippen LogP contribution is -2.55. The molecule has 3 fully saturated rings. The van der Waals surface area contributed by atoms with Gasteiger partial charge in [0.05, 0.1) is 24.2 Å². The Morgan fingerprint density at radius 2 is 2.00 bits per heavy atom. The molecule has 0 unspecified atom stereocenters. The van der Waals surface area contributed by atoms with Gasteiger partial charge in [0.1, 0.15) is 18.2 Å². The van der Waals surface area contributed by atoms with E-state index in [1.807, 2.05) is 12.3 Å². The Balaban J connectivity index is 1.25. The van der Waals surface area contributed by atoms with E-state index in [1.165, 1.54) is 18.1 Å². The van der Waals surface area contributed by atoms with Gasteiger partial charge in [-0.25, -0.2) is 4.98 Å². The standard InChI is InChI=1S/C32H42N8O2/c1-3-29(41)40-20-19-39(22-24(40)10-14-33)30-26-9-11-32(12-17-38(18-13-32)28-8-4-5-15-34-28)21-27(26)35-31(36-30)42-23-25-7-6-16-37(25)2/h3-5,8,15,24-25H,1,6-7,9-13,16-23H2,2H3/t24-,25-/m0/s1. The maximum atomic E-state index is 12.5. The first-order valence-corrected chi connectivity index (χ1v) is 15.4. The van der Waals surface area contributed by atoms with E-state index in [-0.39, 0.29) is 23.8 Å². The van der Waals surface area contributed by atoms with Gasteiger partial charge in [0.2, 0.25) is 5.91 Å². The summed E-state index contributed by atoms with van der Waals surface area (Å²) in [7, 11) is 2.15. The summed E-state index contributed by atoms with van der Waals surface area (Å²) >= 11 is 0. The average Bonchev–Trinajstić information content (AvgIpc) is 3.44. The van der Waals surface area contributed by atoms with Gasteiger partial charge < -0.3 is 24.3 Å². The maximum absolute atomic E-state index is 12.5. The lowest BCUT2D eigenvalue weighted by Gasteiger charge is -2.46. The van der Waals surface area contributed by atoms with Crippen LogP contribution in [0.25, 0.3) is 0 Å². The molecular formula is C32H42N8O2. The van der Waals surface area contributed by atoms with Gasteiger partial charge in [0, 0.05) is 50.5 Å². The quantitative estimate of drug-likeness (QED) is 0.464. The SMILES string of the molecule is C=CC(=O)N1CCN(c2nc(OC[C@@H]3CCCN3C)nc3c2CCC2(CCN(c4ccccn4)CC2)C3)C[C@@H]1CC#N. The fraction of sp³-hybridized carbons (Fsp3) is 0.594. The summed E-state index contributed by atoms with van der Waals surface area (Å²) in [6.07, 6.45) is 11.0. The molecular weight excluding hydrogens is 528 g/mol. The van der Waals surface area contributed by atoms with E-state index in [1.54, 1.807) is 4.90 Å². The van der Waals surface area contributed by atoms with E-state index in [0.29, 0.717) is 38.3 Å². The molecule has 42 heavy (non-hydrogen) atoms. The zero-order valence-corrected chi connectivity index (χ0v) is 24.7. The Kier molecular flexibility index (Phi) is 8.29. The van der Waals surface area contributed by atoms with Crippen molar-refractivity contribution in [1.82, 2.24) is 24.8 Å². The van der Waals surface area contributed by atoms with Crippen molar-refractivity contribution < 1.29 is 9.53 Å². The number of piperidine rings is 1. The van der Waals surface area contributed by atoms with Crippen LogP contribution in [0.5, 0.6) is 6.01 Å². The van der Waals surface area contributed by atoms with Crippen LogP contribution in [0.4, 0.5) is 11.6 Å². The number of likely N-dealkylation sites (tertiary alicyclic amines) is 1. The molecule has 0 aromatic carbocycles. The number of anilines is 2. The Bertz CT molecular complexity index is 1320. The van der Waals surface area contributed by atoms with Gasteiger partial charge in [-0.15, -0.1) is 0 Å². The number of pyridine rings is 1. The van der Waals surface area contributed by atoms with Crippen molar-refractivity contribution in [2.24, 2.45) is 5.41 Å². The molecule has 1 spiro atoms. The first kappa shape index (κ1) is 28.4. The summed E-state index contributed by atoms with van der Waals surface area (Å²) in [5.74, 6) is 1.86. The van der Waals surface area contributed by atoms with Crippen molar-refractivity contribution in [2.75, 3.05) is 62.7 Å². The summed E-state index contributed by atoms with van der Waals surface area (Å²) in [6.45, 7) is 9.08. The van der Waals surface area contributed by atoms with Gasteiger partial charge in [-0.3, -0.25) is 4.79 Å². The fourth-order valence-corrected chi connectivity index (χ4v) is 7.33. The molecule has 0 bridgehead atoms. The van der Waals surface area contributed by atoms with Crippen molar-refractivity contribution in [2.45, 2.75) is 63.5 Å². The topological polar surface area (TPSA) is 102 Å². The van der Waals surface area contributed by atoms with Crippen molar-refractivity contribution in [3.8, 4) is 12.1 Å². The number of rotatable bonds is 7. The van der Waals surface area contributed by atoms with Crippen LogP contribution in [0.15, 0.2) is 37.1 Å². The van der Waals surface area contributed by atoms with Gasteiger partial charge in [-0.05, 0) is 82.2 Å². The molecule has 10 nitrogen and oxygen atoms in total. The largest absolute Gasteiger partial charge is 0.462 e. The lowest BCUT2D eigenvalue weighted by molar-refractivity contribution is -0.128. The summed E-state index contributed by atoms with van der Waals surface area (Å²) in [5.41, 5.74) is 2.52. The Morgan fingerprint density at radius 1 is 1.14 bits per heavy atom.